The van der Waals surface area contributed by atoms with E-state index in [2.05, 4.69) is 5.32 Å². The third-order valence-electron chi connectivity index (χ3n) is 4.34. The summed E-state index contributed by atoms with van der Waals surface area (Å²) >= 11 is 5.90. The molecule has 1 heterocycles. The predicted octanol–water partition coefficient (Wildman–Crippen LogP) is 4.23. The van der Waals surface area contributed by atoms with Crippen LogP contribution in [-0.4, -0.2) is 31.8 Å². The maximum absolute atomic E-state index is 12.5. The van der Waals surface area contributed by atoms with Crippen molar-refractivity contribution >= 4 is 17.5 Å². The smallest absolute Gasteiger partial charge is 0.251 e. The summed E-state index contributed by atoms with van der Waals surface area (Å²) < 4.78 is 17.0. The molecule has 1 N–H and O–H groups in total. The first kappa shape index (κ1) is 19.5. The molecule has 2 aromatic rings. The minimum Gasteiger partial charge on any atom is -0.493 e. The minimum absolute atomic E-state index is 0.115. The summed E-state index contributed by atoms with van der Waals surface area (Å²) in [5.41, 5.74) is 1.39. The molecule has 0 radical (unpaired) electrons. The number of amides is 1. The summed E-state index contributed by atoms with van der Waals surface area (Å²) in [6.07, 6.45) is 2.16. The Morgan fingerprint density at radius 1 is 1.22 bits per heavy atom. The van der Waals surface area contributed by atoms with Crippen molar-refractivity contribution in [3.05, 3.63) is 58.6 Å². The van der Waals surface area contributed by atoms with E-state index in [9.17, 15) is 4.79 Å². The molecule has 0 aliphatic carbocycles. The van der Waals surface area contributed by atoms with Crippen molar-refractivity contribution in [2.75, 3.05) is 19.8 Å². The number of nitrogens with one attached hydrogen (secondary N) is 1. The summed E-state index contributed by atoms with van der Waals surface area (Å²) in [6.45, 7) is 4.06. The van der Waals surface area contributed by atoms with Crippen molar-refractivity contribution in [2.45, 2.75) is 32.5 Å². The zero-order valence-electron chi connectivity index (χ0n) is 15.4. The van der Waals surface area contributed by atoms with Gasteiger partial charge < -0.3 is 19.5 Å². The Balaban J connectivity index is 1.67. The quantitative estimate of drug-likeness (QED) is 0.734. The van der Waals surface area contributed by atoms with E-state index in [-0.39, 0.29) is 12.0 Å². The summed E-state index contributed by atoms with van der Waals surface area (Å²) in [5.74, 6) is 1.29. The van der Waals surface area contributed by atoms with Gasteiger partial charge in [-0.2, -0.15) is 0 Å². The molecule has 0 saturated carbocycles. The van der Waals surface area contributed by atoms with Crippen LogP contribution < -0.4 is 14.8 Å². The van der Waals surface area contributed by atoms with E-state index < -0.39 is 0 Å². The topological polar surface area (TPSA) is 56.8 Å². The van der Waals surface area contributed by atoms with Gasteiger partial charge in [0.2, 0.25) is 0 Å². The number of carbonyl (C=O) groups excluding carboxylic acids is 1. The Labute approximate surface area is 164 Å². The monoisotopic (exact) mass is 389 g/mol. The van der Waals surface area contributed by atoms with Gasteiger partial charge in [-0.1, -0.05) is 11.6 Å². The molecule has 1 amide bonds. The molecule has 1 aliphatic heterocycles. The van der Waals surface area contributed by atoms with Gasteiger partial charge in [0.25, 0.3) is 5.91 Å². The van der Waals surface area contributed by atoms with Crippen molar-refractivity contribution in [2.24, 2.45) is 0 Å². The first-order chi connectivity index (χ1) is 13.2. The number of hydrogen-bond donors (Lipinski definition) is 1. The molecule has 2 aromatic carbocycles. The third-order valence-corrected chi connectivity index (χ3v) is 4.60. The highest BCUT2D eigenvalue weighted by Gasteiger charge is 2.17. The number of ether oxygens (including phenoxy) is 3. The second kappa shape index (κ2) is 9.62. The van der Waals surface area contributed by atoms with Gasteiger partial charge in [-0.05, 0) is 62.2 Å². The van der Waals surface area contributed by atoms with Crippen molar-refractivity contribution in [3.63, 3.8) is 0 Å². The molecular formula is C21H24ClNO4. The van der Waals surface area contributed by atoms with Gasteiger partial charge in [-0.15, -0.1) is 0 Å². The molecule has 6 heteroatoms. The molecule has 27 heavy (non-hydrogen) atoms. The molecule has 1 fully saturated rings. The zero-order chi connectivity index (χ0) is 19.1. The second-order valence-electron chi connectivity index (χ2n) is 6.34. The minimum atomic E-state index is -0.124. The van der Waals surface area contributed by atoms with Gasteiger partial charge in [-0.25, -0.2) is 0 Å². The van der Waals surface area contributed by atoms with E-state index >= 15 is 0 Å². The van der Waals surface area contributed by atoms with Crippen LogP contribution in [0, 0.1) is 0 Å². The van der Waals surface area contributed by atoms with Crippen molar-refractivity contribution in [3.8, 4) is 11.5 Å². The summed E-state index contributed by atoms with van der Waals surface area (Å²) in [6, 6.07) is 12.5. The SMILES string of the molecule is CCOc1ccc(C(=O)NC[C@H]2CCCO2)cc1COc1ccc(Cl)cc1. The van der Waals surface area contributed by atoms with E-state index in [0.717, 1.165) is 25.0 Å². The summed E-state index contributed by atoms with van der Waals surface area (Å²) in [7, 11) is 0. The van der Waals surface area contributed by atoms with E-state index in [1.165, 1.54) is 0 Å². The molecule has 3 rings (SSSR count). The predicted molar refractivity (Wildman–Crippen MR) is 105 cm³/mol. The fraction of sp³-hybridized carbons (Fsp3) is 0.381. The van der Waals surface area contributed by atoms with Crippen LogP contribution in [0.4, 0.5) is 0 Å². The molecule has 144 valence electrons. The molecule has 5 nitrogen and oxygen atoms in total. The lowest BCUT2D eigenvalue weighted by atomic mass is 10.1. The van der Waals surface area contributed by atoms with Crippen molar-refractivity contribution in [1.82, 2.24) is 5.32 Å². The Kier molecular flexibility index (Phi) is 6.96. The Morgan fingerprint density at radius 2 is 2.04 bits per heavy atom. The number of rotatable bonds is 8. The number of carbonyl (C=O) groups is 1. The summed E-state index contributed by atoms with van der Waals surface area (Å²) in [4.78, 5) is 12.5. The maximum Gasteiger partial charge on any atom is 0.251 e. The van der Waals surface area contributed by atoms with Gasteiger partial charge in [-0.3, -0.25) is 4.79 Å². The maximum atomic E-state index is 12.5. The van der Waals surface area contributed by atoms with Gasteiger partial charge in [0.05, 0.1) is 12.7 Å². The molecule has 1 saturated heterocycles. The molecule has 1 atom stereocenters. The fourth-order valence-corrected chi connectivity index (χ4v) is 3.06. The van der Waals surface area contributed by atoms with Crippen LogP contribution >= 0.6 is 11.6 Å². The van der Waals surface area contributed by atoms with E-state index in [1.807, 2.05) is 19.1 Å². The third kappa shape index (κ3) is 5.62. The highest BCUT2D eigenvalue weighted by atomic mass is 35.5. The van der Waals surface area contributed by atoms with Crippen molar-refractivity contribution in [1.29, 1.82) is 0 Å². The van der Waals surface area contributed by atoms with E-state index in [1.54, 1.807) is 30.3 Å². The van der Waals surface area contributed by atoms with Gasteiger partial charge >= 0.3 is 0 Å². The lowest BCUT2D eigenvalue weighted by Gasteiger charge is -2.14. The van der Waals surface area contributed by atoms with Crippen LogP contribution in [0.25, 0.3) is 0 Å². The molecule has 0 unspecified atom stereocenters. The van der Waals surface area contributed by atoms with Crippen LogP contribution in [0.3, 0.4) is 0 Å². The molecule has 1 aliphatic rings. The van der Waals surface area contributed by atoms with Gasteiger partial charge in [0.15, 0.2) is 0 Å². The zero-order valence-corrected chi connectivity index (χ0v) is 16.1. The first-order valence-electron chi connectivity index (χ1n) is 9.19. The largest absolute Gasteiger partial charge is 0.493 e. The Hall–Kier alpha value is -2.24. The van der Waals surface area contributed by atoms with Crippen molar-refractivity contribution < 1.29 is 19.0 Å². The number of benzene rings is 2. The summed E-state index contributed by atoms with van der Waals surface area (Å²) in [5, 5.41) is 3.59. The number of halogens is 1. The van der Waals surface area contributed by atoms with Gasteiger partial charge in [0.1, 0.15) is 18.1 Å². The van der Waals surface area contributed by atoms with Crippen LogP contribution in [0.15, 0.2) is 42.5 Å². The highest BCUT2D eigenvalue weighted by molar-refractivity contribution is 6.30. The Morgan fingerprint density at radius 3 is 2.74 bits per heavy atom. The second-order valence-corrected chi connectivity index (χ2v) is 6.78. The Bertz CT molecular complexity index is 757. The average molecular weight is 390 g/mol. The van der Waals surface area contributed by atoms with Crippen LogP contribution in [0.5, 0.6) is 11.5 Å². The lowest BCUT2D eigenvalue weighted by Crippen LogP contribution is -2.31. The van der Waals surface area contributed by atoms with Gasteiger partial charge in [0, 0.05) is 29.3 Å². The highest BCUT2D eigenvalue weighted by Crippen LogP contribution is 2.24. The average Bonchev–Trinajstić information content (AvgIpc) is 3.20. The molecule has 0 bridgehead atoms. The van der Waals surface area contributed by atoms with Crippen LogP contribution in [0.1, 0.15) is 35.7 Å². The van der Waals surface area contributed by atoms with E-state index in [4.69, 9.17) is 25.8 Å². The molecule has 0 spiro atoms. The first-order valence-corrected chi connectivity index (χ1v) is 9.57. The number of hydrogen-bond acceptors (Lipinski definition) is 4. The molecular weight excluding hydrogens is 366 g/mol. The lowest BCUT2D eigenvalue weighted by molar-refractivity contribution is 0.0857. The fourth-order valence-electron chi connectivity index (χ4n) is 2.94. The van der Waals surface area contributed by atoms with Crippen LogP contribution in [-0.2, 0) is 11.3 Å². The van der Waals surface area contributed by atoms with E-state index in [0.29, 0.717) is 41.8 Å². The van der Waals surface area contributed by atoms with Crippen LogP contribution in [0.2, 0.25) is 5.02 Å². The molecule has 0 aromatic heterocycles. The normalized spacial score (nSPS) is 16.1. The standard InChI is InChI=1S/C21H24ClNO4/c1-2-25-20-10-5-15(21(24)23-13-19-4-3-11-26-19)12-16(20)14-27-18-8-6-17(22)7-9-18/h5-10,12,19H,2-4,11,13-14H2,1H3,(H,23,24)/t19-/m1/s1.